The van der Waals surface area contributed by atoms with Crippen LogP contribution in [0.5, 0.6) is 0 Å². The lowest BCUT2D eigenvalue weighted by Crippen LogP contribution is -2.19. The molecule has 0 amide bonds. The molecule has 0 aliphatic carbocycles. The average molecular weight is 214 g/mol. The van der Waals surface area contributed by atoms with Crippen molar-refractivity contribution in [3.8, 4) is 0 Å². The van der Waals surface area contributed by atoms with E-state index in [9.17, 15) is 8.78 Å². The molecule has 0 aliphatic rings. The maximum Gasteiger partial charge on any atom is 0.300 e. The summed E-state index contributed by atoms with van der Waals surface area (Å²) in [5, 5.41) is 0. The molecule has 0 aromatic rings. The van der Waals surface area contributed by atoms with Gasteiger partial charge in [0, 0.05) is 13.1 Å². The molecular weight excluding hydrogens is 204 g/mol. The van der Waals surface area contributed by atoms with Gasteiger partial charge >= 0.3 is 6.08 Å². The molecular formula is C6H10BrF2N. The van der Waals surface area contributed by atoms with Crippen molar-refractivity contribution in [2.75, 3.05) is 13.1 Å². The fourth-order valence-electron chi connectivity index (χ4n) is 0.621. The summed E-state index contributed by atoms with van der Waals surface area (Å²) in [4.78, 5) is 1.54. The molecule has 0 radical (unpaired) electrons. The van der Waals surface area contributed by atoms with Crippen LogP contribution < -0.4 is 0 Å². The van der Waals surface area contributed by atoms with Crippen molar-refractivity contribution >= 4 is 15.9 Å². The highest BCUT2D eigenvalue weighted by atomic mass is 79.9. The number of nitrogens with zero attached hydrogens (tertiary/aromatic N) is 1. The number of hydrogen-bond donors (Lipinski definition) is 0. The van der Waals surface area contributed by atoms with Crippen LogP contribution in [0.15, 0.2) is 10.7 Å². The van der Waals surface area contributed by atoms with Crippen molar-refractivity contribution in [1.82, 2.24) is 4.90 Å². The summed E-state index contributed by atoms with van der Waals surface area (Å²) >= 11 is 2.78. The third kappa shape index (κ3) is 2.64. The second-order valence-electron chi connectivity index (χ2n) is 1.72. The first-order chi connectivity index (χ1) is 4.63. The zero-order valence-corrected chi connectivity index (χ0v) is 7.58. The molecule has 0 saturated carbocycles. The minimum atomic E-state index is -1.66. The van der Waals surface area contributed by atoms with Gasteiger partial charge in [0.15, 0.2) is 0 Å². The van der Waals surface area contributed by atoms with E-state index in [1.807, 2.05) is 13.8 Å². The maximum atomic E-state index is 11.8. The predicted molar refractivity (Wildman–Crippen MR) is 41.1 cm³/mol. The normalized spacial score (nSPS) is 9.30. The molecule has 0 aromatic heterocycles. The molecule has 4 heteroatoms. The van der Waals surface area contributed by atoms with Gasteiger partial charge in [-0.15, -0.1) is 0 Å². The Kier molecular flexibility index (Phi) is 4.60. The van der Waals surface area contributed by atoms with Crippen molar-refractivity contribution in [1.29, 1.82) is 0 Å². The van der Waals surface area contributed by atoms with Crippen LogP contribution in [0.25, 0.3) is 0 Å². The van der Waals surface area contributed by atoms with E-state index in [1.54, 1.807) is 0 Å². The molecule has 0 aliphatic heterocycles. The quantitative estimate of drug-likeness (QED) is 0.653. The van der Waals surface area contributed by atoms with Gasteiger partial charge in [0.1, 0.15) is 4.61 Å². The van der Waals surface area contributed by atoms with Gasteiger partial charge in [0.25, 0.3) is 0 Å². The van der Waals surface area contributed by atoms with Gasteiger partial charge in [-0.05, 0) is 29.8 Å². The fourth-order valence-corrected chi connectivity index (χ4v) is 1.12. The van der Waals surface area contributed by atoms with Crippen LogP contribution in [-0.4, -0.2) is 18.0 Å². The van der Waals surface area contributed by atoms with E-state index in [2.05, 4.69) is 15.9 Å². The van der Waals surface area contributed by atoms with E-state index < -0.39 is 6.08 Å². The average Bonchev–Trinajstić information content (AvgIpc) is 1.90. The van der Waals surface area contributed by atoms with Gasteiger partial charge in [0.05, 0.1) is 0 Å². The topological polar surface area (TPSA) is 3.24 Å². The van der Waals surface area contributed by atoms with Crippen molar-refractivity contribution < 1.29 is 8.78 Å². The third-order valence-electron chi connectivity index (χ3n) is 1.20. The summed E-state index contributed by atoms with van der Waals surface area (Å²) in [5.41, 5.74) is 0. The van der Waals surface area contributed by atoms with E-state index in [-0.39, 0.29) is 4.61 Å². The van der Waals surface area contributed by atoms with Gasteiger partial charge in [-0.3, -0.25) is 0 Å². The number of rotatable bonds is 3. The molecule has 0 bridgehead atoms. The van der Waals surface area contributed by atoms with Gasteiger partial charge in [-0.25, -0.2) is 0 Å². The Morgan fingerprint density at radius 3 is 1.80 bits per heavy atom. The monoisotopic (exact) mass is 213 g/mol. The summed E-state index contributed by atoms with van der Waals surface area (Å²) in [6.45, 7) is 4.84. The molecule has 0 heterocycles. The Labute approximate surface area is 67.8 Å². The Balaban J connectivity index is 4.15. The van der Waals surface area contributed by atoms with Crippen molar-refractivity contribution in [3.05, 3.63) is 10.7 Å². The molecule has 10 heavy (non-hydrogen) atoms. The van der Waals surface area contributed by atoms with Crippen molar-refractivity contribution in [3.63, 3.8) is 0 Å². The first-order valence-electron chi connectivity index (χ1n) is 3.09. The van der Waals surface area contributed by atoms with E-state index in [4.69, 9.17) is 0 Å². The zero-order valence-electron chi connectivity index (χ0n) is 6.00. The molecule has 0 saturated heterocycles. The molecule has 0 unspecified atom stereocenters. The standard InChI is InChI=1S/C6H10BrF2N/c1-3-10(4-2)5(7)6(8)9/h3-4H2,1-2H3. The Bertz CT molecular complexity index is 128. The highest BCUT2D eigenvalue weighted by Gasteiger charge is 2.07. The first-order valence-corrected chi connectivity index (χ1v) is 3.88. The lowest BCUT2D eigenvalue weighted by Gasteiger charge is -2.18. The van der Waals surface area contributed by atoms with E-state index in [0.717, 1.165) is 0 Å². The van der Waals surface area contributed by atoms with Crippen LogP contribution >= 0.6 is 15.9 Å². The number of halogens is 3. The summed E-state index contributed by atoms with van der Waals surface area (Å²) in [6, 6.07) is 0. The fraction of sp³-hybridized carbons (Fsp3) is 0.667. The first kappa shape index (κ1) is 9.88. The molecule has 0 rings (SSSR count). The highest BCUT2D eigenvalue weighted by molar-refractivity contribution is 9.11. The van der Waals surface area contributed by atoms with E-state index in [1.165, 1.54) is 4.90 Å². The van der Waals surface area contributed by atoms with Crippen LogP contribution in [0.4, 0.5) is 8.78 Å². The Morgan fingerprint density at radius 1 is 1.30 bits per heavy atom. The van der Waals surface area contributed by atoms with Gasteiger partial charge < -0.3 is 4.90 Å². The molecule has 1 nitrogen and oxygen atoms in total. The molecule has 0 atom stereocenters. The minimum Gasteiger partial charge on any atom is -0.362 e. The van der Waals surface area contributed by atoms with Gasteiger partial charge in [-0.1, -0.05) is 0 Å². The summed E-state index contributed by atoms with van der Waals surface area (Å²) in [6.07, 6.45) is -1.66. The molecule has 60 valence electrons. The lowest BCUT2D eigenvalue weighted by molar-refractivity contribution is 0.345. The summed E-state index contributed by atoms with van der Waals surface area (Å²) < 4.78 is 23.6. The molecule has 0 spiro atoms. The van der Waals surface area contributed by atoms with Crippen LogP contribution in [0, 0.1) is 0 Å². The number of hydrogen-bond acceptors (Lipinski definition) is 1. The van der Waals surface area contributed by atoms with Crippen molar-refractivity contribution in [2.45, 2.75) is 13.8 Å². The molecule has 0 aromatic carbocycles. The third-order valence-corrected chi connectivity index (χ3v) is 2.00. The van der Waals surface area contributed by atoms with E-state index in [0.29, 0.717) is 13.1 Å². The molecule has 0 N–H and O–H groups in total. The summed E-state index contributed by atoms with van der Waals surface area (Å²) in [5.74, 6) is 0. The smallest absolute Gasteiger partial charge is 0.300 e. The molecule has 0 fully saturated rings. The van der Waals surface area contributed by atoms with E-state index >= 15 is 0 Å². The van der Waals surface area contributed by atoms with Crippen LogP contribution in [0.2, 0.25) is 0 Å². The maximum absolute atomic E-state index is 11.8. The van der Waals surface area contributed by atoms with Crippen molar-refractivity contribution in [2.24, 2.45) is 0 Å². The highest BCUT2D eigenvalue weighted by Crippen LogP contribution is 2.18. The Hall–Kier alpha value is -0.120. The second-order valence-corrected chi connectivity index (χ2v) is 2.47. The SMILES string of the molecule is CCN(CC)C(Br)=C(F)F. The lowest BCUT2D eigenvalue weighted by atomic mass is 10.5. The van der Waals surface area contributed by atoms with Gasteiger partial charge in [-0.2, -0.15) is 8.78 Å². The van der Waals surface area contributed by atoms with Gasteiger partial charge in [0.2, 0.25) is 0 Å². The largest absolute Gasteiger partial charge is 0.362 e. The Morgan fingerprint density at radius 2 is 1.70 bits per heavy atom. The minimum absolute atomic E-state index is 0.0995. The predicted octanol–water partition coefficient (Wildman–Crippen LogP) is 2.79. The van der Waals surface area contributed by atoms with Crippen LogP contribution in [-0.2, 0) is 0 Å². The zero-order chi connectivity index (χ0) is 8.15. The van der Waals surface area contributed by atoms with Crippen LogP contribution in [0.3, 0.4) is 0 Å². The second kappa shape index (κ2) is 4.66. The summed E-state index contributed by atoms with van der Waals surface area (Å²) in [7, 11) is 0. The van der Waals surface area contributed by atoms with Crippen LogP contribution in [0.1, 0.15) is 13.8 Å².